The maximum Gasteiger partial charge on any atom is 0.419 e. The van der Waals surface area contributed by atoms with Crippen LogP contribution in [0.15, 0.2) is 18.2 Å². The van der Waals surface area contributed by atoms with Gasteiger partial charge in [-0.25, -0.2) is 4.39 Å². The molecule has 1 aromatic carbocycles. The third-order valence-corrected chi connectivity index (χ3v) is 2.75. The van der Waals surface area contributed by atoms with E-state index in [4.69, 9.17) is 0 Å². The first-order valence-corrected chi connectivity index (χ1v) is 5.75. The molecule has 0 radical (unpaired) electrons. The Morgan fingerprint density at radius 1 is 1.19 bits per heavy atom. The summed E-state index contributed by atoms with van der Waals surface area (Å²) in [5.41, 5.74) is -2.57. The van der Waals surface area contributed by atoms with Gasteiger partial charge in [0.15, 0.2) is 6.10 Å². The van der Waals surface area contributed by atoms with Crippen molar-refractivity contribution in [1.29, 1.82) is 0 Å². The Kier molecular flexibility index (Phi) is 4.16. The molecule has 1 aliphatic rings. The molecule has 0 aliphatic carbocycles. The van der Waals surface area contributed by atoms with Crippen molar-refractivity contribution in [3.8, 4) is 0 Å². The maximum absolute atomic E-state index is 13.1. The van der Waals surface area contributed by atoms with E-state index >= 15 is 0 Å². The fourth-order valence-electron chi connectivity index (χ4n) is 1.67. The Morgan fingerprint density at radius 3 is 2.29 bits per heavy atom. The van der Waals surface area contributed by atoms with Gasteiger partial charge in [-0.05, 0) is 17.7 Å². The minimum atomic E-state index is -5.09. The topological polar surface area (TPSA) is 21.8 Å². The molecule has 2 rings (SSSR count). The molecule has 21 heavy (non-hydrogen) atoms. The molecule has 0 aromatic heterocycles. The van der Waals surface area contributed by atoms with Crippen LogP contribution >= 0.6 is 0 Å². The summed E-state index contributed by atoms with van der Waals surface area (Å²) in [6.45, 7) is -0.162. The van der Waals surface area contributed by atoms with Crippen molar-refractivity contribution in [2.24, 2.45) is 0 Å². The Morgan fingerprint density at radius 2 is 1.81 bits per heavy atom. The maximum atomic E-state index is 13.1. The number of epoxide rings is 1. The van der Waals surface area contributed by atoms with Crippen molar-refractivity contribution in [2.75, 3.05) is 13.2 Å². The lowest BCUT2D eigenvalue weighted by Crippen LogP contribution is -2.25. The summed E-state index contributed by atoms with van der Waals surface area (Å²) >= 11 is 0. The molecule has 118 valence electrons. The second kappa shape index (κ2) is 5.45. The largest absolute Gasteiger partial charge is 0.419 e. The highest BCUT2D eigenvalue weighted by molar-refractivity contribution is 5.29. The molecule has 0 saturated carbocycles. The van der Waals surface area contributed by atoms with E-state index in [1.54, 1.807) is 0 Å². The Bertz CT molecular complexity index is 505. The van der Waals surface area contributed by atoms with Crippen LogP contribution in [0.1, 0.15) is 17.2 Å². The Hall–Kier alpha value is -1.35. The van der Waals surface area contributed by atoms with Gasteiger partial charge in [-0.1, -0.05) is 6.07 Å². The van der Waals surface area contributed by atoms with Crippen LogP contribution in [0.3, 0.4) is 0 Å². The number of hydrogen-bond donors (Lipinski definition) is 0. The lowest BCUT2D eigenvalue weighted by atomic mass is 10.0. The number of ether oxygens (including phenoxy) is 2. The highest BCUT2D eigenvalue weighted by Gasteiger charge is 2.44. The second-order valence-electron chi connectivity index (χ2n) is 4.45. The summed E-state index contributed by atoms with van der Waals surface area (Å²) in [6.07, 6.45) is -13.1. The molecule has 1 saturated heterocycles. The molecule has 9 heteroatoms. The average Bonchev–Trinajstić information content (AvgIpc) is 3.12. The highest BCUT2D eigenvalue weighted by atomic mass is 19.4. The van der Waals surface area contributed by atoms with Gasteiger partial charge in [0.2, 0.25) is 0 Å². The minimum absolute atomic E-state index is 0.112. The van der Waals surface area contributed by atoms with Crippen LogP contribution in [0.4, 0.5) is 30.7 Å². The summed E-state index contributed by atoms with van der Waals surface area (Å²) in [7, 11) is 0. The molecule has 1 aromatic rings. The molecule has 1 aliphatic heterocycles. The monoisotopic (exact) mass is 318 g/mol. The van der Waals surface area contributed by atoms with Gasteiger partial charge in [0.25, 0.3) is 0 Å². The van der Waals surface area contributed by atoms with E-state index in [-0.39, 0.29) is 12.7 Å². The van der Waals surface area contributed by atoms with Gasteiger partial charge in [-0.15, -0.1) is 0 Å². The normalized spacial score (nSPS) is 20.4. The van der Waals surface area contributed by atoms with Gasteiger partial charge < -0.3 is 9.47 Å². The van der Waals surface area contributed by atoms with E-state index in [1.807, 2.05) is 0 Å². The van der Waals surface area contributed by atoms with Crippen molar-refractivity contribution in [3.05, 3.63) is 35.1 Å². The lowest BCUT2D eigenvalue weighted by Gasteiger charge is -2.22. The van der Waals surface area contributed by atoms with E-state index in [0.717, 1.165) is 0 Å². The van der Waals surface area contributed by atoms with E-state index < -0.39 is 48.1 Å². The molecule has 0 bridgehead atoms. The van der Waals surface area contributed by atoms with Gasteiger partial charge in [-0.3, -0.25) is 0 Å². The van der Waals surface area contributed by atoms with Crippen LogP contribution < -0.4 is 0 Å². The second-order valence-corrected chi connectivity index (χ2v) is 4.45. The summed E-state index contributed by atoms with van der Waals surface area (Å²) in [5, 5.41) is 0. The third-order valence-electron chi connectivity index (χ3n) is 2.75. The first-order valence-electron chi connectivity index (χ1n) is 5.75. The lowest BCUT2D eigenvalue weighted by molar-refractivity contribution is -0.225. The highest BCUT2D eigenvalue weighted by Crippen LogP contribution is 2.39. The SMILES string of the molecule is Fc1ccc([C@H](OC[C@@H]2CO2)C(F)(F)F)cc1C(F)(F)F. The molecule has 2 atom stereocenters. The van der Waals surface area contributed by atoms with Gasteiger partial charge in [0, 0.05) is 0 Å². The smallest absolute Gasteiger partial charge is 0.371 e. The van der Waals surface area contributed by atoms with Crippen LogP contribution in [0.5, 0.6) is 0 Å². The summed E-state index contributed by atoms with van der Waals surface area (Å²) < 4.78 is 98.5. The zero-order valence-corrected chi connectivity index (χ0v) is 10.3. The van der Waals surface area contributed by atoms with Crippen LogP contribution in [-0.4, -0.2) is 25.5 Å². The van der Waals surface area contributed by atoms with Gasteiger partial charge in [-0.2, -0.15) is 26.3 Å². The molecule has 1 heterocycles. The van der Waals surface area contributed by atoms with Crippen molar-refractivity contribution in [1.82, 2.24) is 0 Å². The molecular weight excluding hydrogens is 309 g/mol. The van der Waals surface area contributed by atoms with Crippen molar-refractivity contribution in [2.45, 2.75) is 24.6 Å². The van der Waals surface area contributed by atoms with E-state index in [9.17, 15) is 30.7 Å². The number of rotatable bonds is 4. The molecule has 0 unspecified atom stereocenters. The molecule has 1 fully saturated rings. The van der Waals surface area contributed by atoms with Crippen LogP contribution in [0.2, 0.25) is 0 Å². The van der Waals surface area contributed by atoms with Gasteiger partial charge in [0.05, 0.1) is 18.8 Å². The number of hydrogen-bond acceptors (Lipinski definition) is 2. The molecule has 0 N–H and O–H groups in total. The fourth-order valence-corrected chi connectivity index (χ4v) is 1.67. The fraction of sp³-hybridized carbons (Fsp3) is 0.500. The Balaban J connectivity index is 2.30. The zero-order valence-electron chi connectivity index (χ0n) is 10.3. The predicted molar refractivity (Wildman–Crippen MR) is 55.9 cm³/mol. The van der Waals surface area contributed by atoms with E-state index in [0.29, 0.717) is 12.1 Å². The van der Waals surface area contributed by atoms with Crippen LogP contribution in [-0.2, 0) is 15.7 Å². The number of halogens is 7. The summed E-state index contributed by atoms with van der Waals surface area (Å²) in [4.78, 5) is 0. The first-order chi connectivity index (χ1) is 9.59. The number of alkyl halides is 6. The summed E-state index contributed by atoms with van der Waals surface area (Å²) in [5.74, 6) is -1.64. The predicted octanol–water partition coefficient (Wildman–Crippen LogP) is 3.86. The minimum Gasteiger partial charge on any atom is -0.371 e. The van der Waals surface area contributed by atoms with E-state index in [2.05, 4.69) is 9.47 Å². The quantitative estimate of drug-likeness (QED) is 0.621. The molecule has 2 nitrogen and oxygen atoms in total. The molecule has 0 amide bonds. The average molecular weight is 318 g/mol. The Labute approximate surface area is 114 Å². The molecular formula is C12H9F7O2. The molecule has 0 spiro atoms. The van der Waals surface area contributed by atoms with Crippen molar-refractivity contribution in [3.63, 3.8) is 0 Å². The van der Waals surface area contributed by atoms with Crippen molar-refractivity contribution >= 4 is 0 Å². The van der Waals surface area contributed by atoms with Crippen LogP contribution in [0.25, 0.3) is 0 Å². The first kappa shape index (κ1) is 16.0. The van der Waals surface area contributed by atoms with Gasteiger partial charge >= 0.3 is 12.4 Å². The standard InChI is InChI=1S/C12H9F7O2/c13-9-2-1-6(3-8(9)11(14,15)16)10(12(17,18)19)21-5-7-4-20-7/h1-3,7,10H,4-5H2/t7-,10-/m0/s1. The van der Waals surface area contributed by atoms with Crippen LogP contribution in [0, 0.1) is 5.82 Å². The number of benzene rings is 1. The van der Waals surface area contributed by atoms with Gasteiger partial charge in [0.1, 0.15) is 11.9 Å². The summed E-state index contributed by atoms with van der Waals surface area (Å²) in [6, 6.07) is 1.08. The van der Waals surface area contributed by atoms with Crippen molar-refractivity contribution < 1.29 is 40.2 Å². The third kappa shape index (κ3) is 4.07. The zero-order chi connectivity index (χ0) is 15.8. The van der Waals surface area contributed by atoms with E-state index in [1.165, 1.54) is 0 Å².